The highest BCUT2D eigenvalue weighted by Gasteiger charge is 2.32. The molecule has 1 aliphatic rings. The van der Waals surface area contributed by atoms with Gasteiger partial charge in [0.25, 0.3) is 0 Å². The second-order valence-corrected chi connectivity index (χ2v) is 7.00. The molecule has 0 amide bonds. The molecule has 0 aromatic heterocycles. The van der Waals surface area contributed by atoms with Crippen LogP contribution in [0.25, 0.3) is 0 Å². The van der Waals surface area contributed by atoms with Crippen molar-refractivity contribution in [1.29, 1.82) is 0 Å². The summed E-state index contributed by atoms with van der Waals surface area (Å²) in [7, 11) is -1.40. The van der Waals surface area contributed by atoms with Gasteiger partial charge in [0, 0.05) is 12.6 Å². The summed E-state index contributed by atoms with van der Waals surface area (Å²) in [6, 6.07) is 7.39. The van der Waals surface area contributed by atoms with Gasteiger partial charge in [-0.2, -0.15) is 4.31 Å². The molecule has 1 unspecified atom stereocenters. The number of nitrogens with one attached hydrogen (secondary N) is 1. The number of nitrogens with zero attached hydrogens (tertiary/aromatic N) is 1. The number of likely N-dealkylation sites (N-methyl/N-ethyl adjacent to an activating group) is 1. The van der Waals surface area contributed by atoms with Crippen molar-refractivity contribution < 1.29 is 8.42 Å². The van der Waals surface area contributed by atoms with Gasteiger partial charge >= 0.3 is 0 Å². The first-order valence-electron chi connectivity index (χ1n) is 6.81. The molecule has 1 fully saturated rings. The molecule has 0 saturated carbocycles. The molecule has 1 atom stereocenters. The van der Waals surface area contributed by atoms with Crippen molar-refractivity contribution in [3.63, 3.8) is 0 Å². The molecular weight excluding hydrogens is 260 g/mol. The zero-order valence-corrected chi connectivity index (χ0v) is 12.4. The first-order valence-corrected chi connectivity index (χ1v) is 8.25. The third-order valence-corrected chi connectivity index (χ3v) is 5.71. The van der Waals surface area contributed by atoms with Gasteiger partial charge < -0.3 is 5.32 Å². The maximum absolute atomic E-state index is 12.5. The lowest BCUT2D eigenvalue weighted by Crippen LogP contribution is -2.33. The SMILES string of the molecule is CNCCc1ccc(S(=O)(=O)N2CCCC2C)cc1. The first-order chi connectivity index (χ1) is 9.05. The van der Waals surface area contributed by atoms with Crippen LogP contribution >= 0.6 is 0 Å². The van der Waals surface area contributed by atoms with E-state index in [9.17, 15) is 8.42 Å². The van der Waals surface area contributed by atoms with E-state index in [-0.39, 0.29) is 6.04 Å². The maximum atomic E-state index is 12.5. The minimum Gasteiger partial charge on any atom is -0.319 e. The predicted molar refractivity (Wildman–Crippen MR) is 76.7 cm³/mol. The molecule has 1 aromatic carbocycles. The number of benzene rings is 1. The van der Waals surface area contributed by atoms with E-state index in [2.05, 4.69) is 5.32 Å². The molecule has 19 heavy (non-hydrogen) atoms. The predicted octanol–water partition coefficient (Wildman–Crippen LogP) is 1.62. The highest BCUT2D eigenvalue weighted by atomic mass is 32.2. The molecule has 5 heteroatoms. The fourth-order valence-electron chi connectivity index (χ4n) is 2.50. The second-order valence-electron chi connectivity index (χ2n) is 5.10. The van der Waals surface area contributed by atoms with Crippen LogP contribution in [0.15, 0.2) is 29.2 Å². The maximum Gasteiger partial charge on any atom is 0.243 e. The Hall–Kier alpha value is -0.910. The summed E-state index contributed by atoms with van der Waals surface area (Å²) in [6.07, 6.45) is 2.83. The average molecular weight is 282 g/mol. The molecule has 0 spiro atoms. The van der Waals surface area contributed by atoms with Gasteiger partial charge in [0.15, 0.2) is 0 Å². The molecular formula is C14H22N2O2S. The quantitative estimate of drug-likeness (QED) is 0.893. The zero-order valence-electron chi connectivity index (χ0n) is 11.6. The van der Waals surface area contributed by atoms with E-state index >= 15 is 0 Å². The van der Waals surface area contributed by atoms with Crippen LogP contribution in [0.1, 0.15) is 25.3 Å². The third kappa shape index (κ3) is 3.16. The van der Waals surface area contributed by atoms with Gasteiger partial charge in [-0.05, 0) is 57.5 Å². The monoisotopic (exact) mass is 282 g/mol. The smallest absolute Gasteiger partial charge is 0.243 e. The Balaban J connectivity index is 2.16. The molecule has 1 heterocycles. The van der Waals surface area contributed by atoms with Crippen LogP contribution < -0.4 is 5.32 Å². The molecule has 1 aromatic rings. The third-order valence-electron chi connectivity index (χ3n) is 3.69. The first kappa shape index (κ1) is 14.5. The van der Waals surface area contributed by atoms with E-state index in [0.29, 0.717) is 11.4 Å². The number of sulfonamides is 1. The van der Waals surface area contributed by atoms with Gasteiger partial charge in [-0.1, -0.05) is 12.1 Å². The summed E-state index contributed by atoms with van der Waals surface area (Å²) in [4.78, 5) is 0.412. The Morgan fingerprint density at radius 1 is 1.32 bits per heavy atom. The Labute approximate surface area is 115 Å². The molecule has 106 valence electrons. The van der Waals surface area contributed by atoms with Crippen molar-refractivity contribution in [3.8, 4) is 0 Å². The van der Waals surface area contributed by atoms with Gasteiger partial charge in [-0.3, -0.25) is 0 Å². The topological polar surface area (TPSA) is 49.4 Å². The highest BCUT2D eigenvalue weighted by Crippen LogP contribution is 2.25. The van der Waals surface area contributed by atoms with Crippen LogP contribution in [-0.4, -0.2) is 38.9 Å². The van der Waals surface area contributed by atoms with Crippen molar-refractivity contribution >= 4 is 10.0 Å². The molecule has 1 N–H and O–H groups in total. The van der Waals surface area contributed by atoms with E-state index in [1.54, 1.807) is 16.4 Å². The van der Waals surface area contributed by atoms with E-state index < -0.39 is 10.0 Å². The summed E-state index contributed by atoms with van der Waals surface area (Å²) in [5, 5.41) is 3.09. The van der Waals surface area contributed by atoms with Crippen molar-refractivity contribution in [2.45, 2.75) is 37.1 Å². The minimum atomic E-state index is -3.31. The normalized spacial score (nSPS) is 20.8. The molecule has 0 aliphatic carbocycles. The summed E-state index contributed by atoms with van der Waals surface area (Å²) in [6.45, 7) is 3.52. The number of rotatable bonds is 5. The largest absolute Gasteiger partial charge is 0.319 e. The van der Waals surface area contributed by atoms with Gasteiger partial charge in [0.2, 0.25) is 10.0 Å². The van der Waals surface area contributed by atoms with Crippen LogP contribution in [0.3, 0.4) is 0 Å². The molecule has 1 saturated heterocycles. The molecule has 1 aliphatic heterocycles. The van der Waals surface area contributed by atoms with Gasteiger partial charge in [0.1, 0.15) is 0 Å². The van der Waals surface area contributed by atoms with Gasteiger partial charge in [0.05, 0.1) is 4.90 Å². The molecule has 0 radical (unpaired) electrons. The number of hydrogen-bond acceptors (Lipinski definition) is 3. The van der Waals surface area contributed by atoms with E-state index in [0.717, 1.165) is 31.4 Å². The summed E-state index contributed by atoms with van der Waals surface area (Å²) in [5.41, 5.74) is 1.16. The summed E-state index contributed by atoms with van der Waals surface area (Å²) >= 11 is 0. The fraction of sp³-hybridized carbons (Fsp3) is 0.571. The molecule has 4 nitrogen and oxygen atoms in total. The Morgan fingerprint density at radius 2 is 2.00 bits per heavy atom. The fourth-order valence-corrected chi connectivity index (χ4v) is 4.20. The number of hydrogen-bond donors (Lipinski definition) is 1. The lowest BCUT2D eigenvalue weighted by molar-refractivity contribution is 0.408. The van der Waals surface area contributed by atoms with Crippen LogP contribution in [0.4, 0.5) is 0 Å². The van der Waals surface area contributed by atoms with E-state index in [4.69, 9.17) is 0 Å². The Morgan fingerprint density at radius 3 is 2.53 bits per heavy atom. The van der Waals surface area contributed by atoms with Crippen LogP contribution in [0, 0.1) is 0 Å². The van der Waals surface area contributed by atoms with Gasteiger partial charge in [-0.15, -0.1) is 0 Å². The van der Waals surface area contributed by atoms with Crippen LogP contribution in [0.5, 0.6) is 0 Å². The summed E-state index contributed by atoms with van der Waals surface area (Å²) < 4.78 is 26.6. The molecule has 2 rings (SSSR count). The minimum absolute atomic E-state index is 0.119. The van der Waals surface area contributed by atoms with Crippen molar-refractivity contribution in [3.05, 3.63) is 29.8 Å². The second kappa shape index (κ2) is 6.03. The summed E-state index contributed by atoms with van der Waals surface area (Å²) in [5.74, 6) is 0. The standard InChI is InChI=1S/C14H22N2O2S/c1-12-4-3-11-16(12)19(17,18)14-7-5-13(6-8-14)9-10-15-2/h5-8,12,15H,3-4,9-11H2,1-2H3. The molecule has 0 bridgehead atoms. The Bertz CT molecular complexity index is 511. The van der Waals surface area contributed by atoms with E-state index in [1.807, 2.05) is 26.1 Å². The van der Waals surface area contributed by atoms with Crippen LogP contribution in [-0.2, 0) is 16.4 Å². The van der Waals surface area contributed by atoms with Crippen LogP contribution in [0.2, 0.25) is 0 Å². The van der Waals surface area contributed by atoms with Gasteiger partial charge in [-0.25, -0.2) is 8.42 Å². The van der Waals surface area contributed by atoms with E-state index in [1.165, 1.54) is 0 Å². The van der Waals surface area contributed by atoms with Crippen molar-refractivity contribution in [1.82, 2.24) is 9.62 Å². The Kier molecular flexibility index (Phi) is 4.60. The average Bonchev–Trinajstić information content (AvgIpc) is 2.84. The highest BCUT2D eigenvalue weighted by molar-refractivity contribution is 7.89. The zero-order chi connectivity index (χ0) is 13.9. The van der Waals surface area contributed by atoms with Crippen molar-refractivity contribution in [2.75, 3.05) is 20.1 Å². The lowest BCUT2D eigenvalue weighted by Gasteiger charge is -2.21. The van der Waals surface area contributed by atoms with Crippen molar-refractivity contribution in [2.24, 2.45) is 0 Å². The lowest BCUT2D eigenvalue weighted by atomic mass is 10.1.